The van der Waals surface area contributed by atoms with Crippen LogP contribution in [0.5, 0.6) is 11.5 Å². The third-order valence-corrected chi connectivity index (χ3v) is 10.9. The molecule has 7 nitrogen and oxygen atoms in total. The highest BCUT2D eigenvalue weighted by Gasteiger charge is 2.73. The van der Waals surface area contributed by atoms with Crippen LogP contribution >= 0.6 is 17.6 Å². The smallest absolute Gasteiger partial charge is 0.202 e. The molecule has 2 heterocycles. The van der Waals surface area contributed by atoms with Gasteiger partial charge in [0.2, 0.25) is 5.79 Å². The SMILES string of the molecule is Cc1cccc(-c2cc(C)ccc2OP[C@@]2(O)[C@H]3CO[C@@H]2[C@](O)(POc2ccc(C)cc2-c2cccc(C)c2)[C@@](C)(O)O3)c1. The fourth-order valence-electron chi connectivity index (χ4n) is 5.86. The highest BCUT2D eigenvalue weighted by atomic mass is 31.1. The predicted molar refractivity (Wildman–Crippen MR) is 176 cm³/mol. The van der Waals surface area contributed by atoms with Crippen LogP contribution < -0.4 is 9.05 Å². The molecule has 0 aromatic heterocycles. The number of ether oxygens (including phenoxy) is 2. The molecule has 0 aliphatic carbocycles. The third-order valence-electron chi connectivity index (χ3n) is 8.33. The lowest BCUT2D eigenvalue weighted by Gasteiger charge is -2.52. The summed E-state index contributed by atoms with van der Waals surface area (Å²) in [5.74, 6) is -0.929. The molecule has 2 bridgehead atoms. The number of aliphatic hydroxyl groups is 3. The summed E-state index contributed by atoms with van der Waals surface area (Å²) < 4.78 is 24.5. The van der Waals surface area contributed by atoms with Gasteiger partial charge in [-0.05, 0) is 70.0 Å². The van der Waals surface area contributed by atoms with Gasteiger partial charge in [-0.1, -0.05) is 82.9 Å². The van der Waals surface area contributed by atoms with Gasteiger partial charge >= 0.3 is 0 Å². The van der Waals surface area contributed by atoms with E-state index < -0.39 is 46.3 Å². The third kappa shape index (κ3) is 5.68. The van der Waals surface area contributed by atoms with E-state index in [9.17, 15) is 15.3 Å². The summed E-state index contributed by atoms with van der Waals surface area (Å²) in [5, 5.41) is 31.8. The molecule has 2 aliphatic heterocycles. The van der Waals surface area contributed by atoms with Crippen molar-refractivity contribution in [3.05, 3.63) is 107 Å². The molecule has 2 unspecified atom stereocenters. The van der Waals surface area contributed by atoms with E-state index in [0.717, 1.165) is 44.5 Å². The van der Waals surface area contributed by atoms with E-state index >= 15 is 0 Å². The molecule has 44 heavy (non-hydrogen) atoms. The molecule has 7 atom stereocenters. The van der Waals surface area contributed by atoms with Crippen LogP contribution in [0.1, 0.15) is 29.2 Å². The Kier molecular flexibility index (Phi) is 8.36. The maximum absolute atomic E-state index is 12.1. The van der Waals surface area contributed by atoms with E-state index in [-0.39, 0.29) is 6.61 Å². The molecular formula is C35H38O7P2. The van der Waals surface area contributed by atoms with Gasteiger partial charge < -0.3 is 33.8 Å². The lowest BCUT2D eigenvalue weighted by molar-refractivity contribution is -0.329. The first-order valence-corrected chi connectivity index (χ1v) is 16.4. The van der Waals surface area contributed by atoms with Gasteiger partial charge in [0.05, 0.1) is 6.61 Å². The van der Waals surface area contributed by atoms with Crippen molar-refractivity contribution in [3.8, 4) is 33.8 Å². The highest BCUT2D eigenvalue weighted by Crippen LogP contribution is 2.60. The van der Waals surface area contributed by atoms with Gasteiger partial charge in [-0.25, -0.2) is 0 Å². The van der Waals surface area contributed by atoms with Gasteiger partial charge in [-0.3, -0.25) is 0 Å². The molecule has 4 aromatic carbocycles. The summed E-state index contributed by atoms with van der Waals surface area (Å²) in [6, 6.07) is 27.9. The van der Waals surface area contributed by atoms with Crippen LogP contribution in [0.3, 0.4) is 0 Å². The zero-order valence-electron chi connectivity index (χ0n) is 25.4. The molecule has 4 aromatic rings. The molecule has 0 radical (unpaired) electrons. The van der Waals surface area contributed by atoms with Crippen LogP contribution in [0.15, 0.2) is 84.9 Å². The molecule has 2 aliphatic rings. The molecule has 3 N–H and O–H groups in total. The van der Waals surface area contributed by atoms with Crippen molar-refractivity contribution >= 4 is 17.6 Å². The second-order valence-corrected chi connectivity index (χ2v) is 14.4. The van der Waals surface area contributed by atoms with Crippen molar-refractivity contribution in [2.75, 3.05) is 6.61 Å². The average Bonchev–Trinajstić information content (AvgIpc) is 3.24. The van der Waals surface area contributed by atoms with Gasteiger partial charge in [0.1, 0.15) is 41.3 Å². The molecule has 6 rings (SSSR count). The van der Waals surface area contributed by atoms with Gasteiger partial charge in [-0.2, -0.15) is 0 Å². The van der Waals surface area contributed by atoms with E-state index in [4.69, 9.17) is 18.5 Å². The molecule has 0 saturated carbocycles. The molecule has 230 valence electrons. The van der Waals surface area contributed by atoms with Crippen molar-refractivity contribution in [1.29, 1.82) is 0 Å². The van der Waals surface area contributed by atoms with Crippen molar-refractivity contribution < 1.29 is 33.8 Å². The van der Waals surface area contributed by atoms with Crippen LogP contribution in [0.2, 0.25) is 0 Å². The van der Waals surface area contributed by atoms with E-state index in [1.807, 2.05) is 100 Å². The number of hydrogen-bond acceptors (Lipinski definition) is 7. The Hall–Kier alpha value is -2.86. The molecule has 2 saturated heterocycles. The minimum Gasteiger partial charge on any atom is -0.473 e. The average molecular weight is 633 g/mol. The summed E-state index contributed by atoms with van der Waals surface area (Å²) >= 11 is 0. The Labute approximate surface area is 261 Å². The van der Waals surface area contributed by atoms with Crippen LogP contribution in [0.4, 0.5) is 0 Å². The molecular weight excluding hydrogens is 594 g/mol. The van der Waals surface area contributed by atoms with Crippen LogP contribution in [-0.2, 0) is 9.47 Å². The summed E-state index contributed by atoms with van der Waals surface area (Å²) in [6.07, 6.45) is -2.15. The lowest BCUT2D eigenvalue weighted by atomic mass is 9.94. The first-order chi connectivity index (χ1) is 20.9. The van der Waals surface area contributed by atoms with Crippen LogP contribution in [-0.4, -0.2) is 50.6 Å². The van der Waals surface area contributed by atoms with Gasteiger partial charge in [-0.15, -0.1) is 0 Å². The second kappa shape index (κ2) is 11.8. The van der Waals surface area contributed by atoms with E-state index in [1.54, 1.807) is 0 Å². The molecule has 2 fully saturated rings. The minimum atomic E-state index is -2.10. The van der Waals surface area contributed by atoms with Gasteiger partial charge in [0, 0.05) is 11.1 Å². The Balaban J connectivity index is 1.28. The lowest BCUT2D eigenvalue weighted by Crippen LogP contribution is -2.70. The normalized spacial score (nSPS) is 28.3. The minimum absolute atomic E-state index is 0.0157. The van der Waals surface area contributed by atoms with Crippen molar-refractivity contribution in [1.82, 2.24) is 0 Å². The zero-order valence-corrected chi connectivity index (χ0v) is 27.4. The first-order valence-electron chi connectivity index (χ1n) is 14.6. The standard InChI is InChI=1S/C35H38O7P2/c1-21-8-6-10-25(16-21)27-18-23(3)12-14-29(27)41-43-34(37)31-20-39-32(34)35(38,33(5,36)40-31)44-42-30-15-13-24(4)19-28(30)26-11-7-9-22(2)17-26/h6-19,31-32,36-38,43-44H,20H2,1-5H3/t31-,32+,33+,34+,35+/m1/s1. The molecule has 0 amide bonds. The van der Waals surface area contributed by atoms with E-state index in [0.29, 0.717) is 11.5 Å². The summed E-state index contributed by atoms with van der Waals surface area (Å²) in [7, 11) is -1.29. The monoisotopic (exact) mass is 632 g/mol. The number of fused-ring (bicyclic) bond motifs is 2. The fraction of sp³-hybridized carbons (Fsp3) is 0.314. The number of hydrogen-bond donors (Lipinski definition) is 3. The molecule has 9 heteroatoms. The number of rotatable bonds is 8. The maximum Gasteiger partial charge on any atom is 0.202 e. The Morgan fingerprint density at radius 3 is 1.70 bits per heavy atom. The van der Waals surface area contributed by atoms with Crippen LogP contribution in [0, 0.1) is 27.7 Å². The van der Waals surface area contributed by atoms with Gasteiger partial charge in [0.25, 0.3) is 0 Å². The largest absolute Gasteiger partial charge is 0.473 e. The second-order valence-electron chi connectivity index (χ2n) is 12.0. The number of aryl methyl sites for hydroxylation is 4. The fourth-order valence-corrected chi connectivity index (χ4v) is 8.23. The summed E-state index contributed by atoms with van der Waals surface area (Å²) in [5.41, 5.74) is 8.07. The van der Waals surface area contributed by atoms with Crippen molar-refractivity contribution in [2.24, 2.45) is 0 Å². The van der Waals surface area contributed by atoms with Crippen molar-refractivity contribution in [2.45, 2.75) is 63.3 Å². The predicted octanol–water partition coefficient (Wildman–Crippen LogP) is 6.78. The maximum atomic E-state index is 12.1. The summed E-state index contributed by atoms with van der Waals surface area (Å²) in [4.78, 5) is 0. The Bertz CT molecular complexity index is 1690. The number of benzene rings is 4. The highest BCUT2D eigenvalue weighted by molar-refractivity contribution is 7.36. The Morgan fingerprint density at radius 2 is 1.18 bits per heavy atom. The topological polar surface area (TPSA) is 97.6 Å². The molecule has 0 spiro atoms. The summed E-state index contributed by atoms with van der Waals surface area (Å²) in [6.45, 7) is 9.45. The van der Waals surface area contributed by atoms with Crippen LogP contribution in [0.25, 0.3) is 22.3 Å². The van der Waals surface area contributed by atoms with E-state index in [2.05, 4.69) is 12.1 Å². The Morgan fingerprint density at radius 1 is 0.682 bits per heavy atom. The van der Waals surface area contributed by atoms with Crippen molar-refractivity contribution in [3.63, 3.8) is 0 Å². The van der Waals surface area contributed by atoms with Gasteiger partial charge in [0.15, 0.2) is 10.7 Å². The quantitative estimate of drug-likeness (QED) is 0.184. The zero-order chi connectivity index (χ0) is 31.3. The first kappa shape index (κ1) is 31.1. The van der Waals surface area contributed by atoms with E-state index in [1.165, 1.54) is 6.92 Å².